The maximum absolute atomic E-state index is 9.50. The van der Waals surface area contributed by atoms with Crippen molar-refractivity contribution in [2.75, 3.05) is 7.18 Å². The molecule has 3 aliphatic carbocycles. The minimum absolute atomic E-state index is 0.190. The van der Waals surface area contributed by atoms with Crippen LogP contribution < -0.4 is 0 Å². The molecule has 0 aromatic heterocycles. The highest BCUT2D eigenvalue weighted by molar-refractivity contribution is 5.97. The largest absolute Gasteiger partial charge is 0.255 e. The first-order valence-corrected chi connectivity index (χ1v) is 9.67. The number of halogens is 1. The first-order valence-electron chi connectivity index (χ1n) is 9.67. The SMILES string of the molecule is C1=CC2=C(C=CC1)C1(c3ccccc32)c2ccccc2-c2ccccc21.CF. The Balaban J connectivity index is 0.000000829. The second-order valence-electron chi connectivity index (χ2n) is 7.25. The molecule has 0 nitrogen and oxygen atoms in total. The van der Waals surface area contributed by atoms with Gasteiger partial charge in [-0.15, -0.1) is 0 Å². The molecule has 0 amide bonds. The van der Waals surface area contributed by atoms with Crippen LogP contribution in [0.2, 0.25) is 0 Å². The van der Waals surface area contributed by atoms with Gasteiger partial charge in [-0.05, 0) is 50.9 Å². The number of hydrogen-bond acceptors (Lipinski definition) is 0. The first kappa shape index (κ1) is 16.9. The molecule has 0 atom stereocenters. The number of allylic oxidation sites excluding steroid dienone is 6. The number of fused-ring (bicyclic) bond motifs is 9. The van der Waals surface area contributed by atoms with E-state index < -0.39 is 0 Å². The molecular formula is C27H21F. The lowest BCUT2D eigenvalue weighted by Crippen LogP contribution is -2.26. The van der Waals surface area contributed by atoms with E-state index in [1.807, 2.05) is 0 Å². The van der Waals surface area contributed by atoms with Gasteiger partial charge in [0.25, 0.3) is 0 Å². The van der Waals surface area contributed by atoms with Crippen LogP contribution in [0.15, 0.2) is 103 Å². The molecule has 3 aliphatic rings. The predicted molar refractivity (Wildman–Crippen MR) is 115 cm³/mol. The fourth-order valence-electron chi connectivity index (χ4n) is 5.20. The molecule has 136 valence electrons. The van der Waals surface area contributed by atoms with Crippen LogP contribution in [0.3, 0.4) is 0 Å². The number of benzene rings is 3. The minimum Gasteiger partial charge on any atom is -0.255 e. The van der Waals surface area contributed by atoms with Crippen LogP contribution >= 0.6 is 0 Å². The molecule has 0 bridgehead atoms. The predicted octanol–water partition coefficient (Wildman–Crippen LogP) is 6.87. The Morgan fingerprint density at radius 2 is 1.07 bits per heavy atom. The van der Waals surface area contributed by atoms with Gasteiger partial charge in [0, 0.05) is 0 Å². The lowest BCUT2D eigenvalue weighted by Gasteiger charge is -2.31. The summed E-state index contributed by atoms with van der Waals surface area (Å²) in [5.74, 6) is 0. The van der Waals surface area contributed by atoms with Gasteiger partial charge in [0.15, 0.2) is 0 Å². The highest BCUT2D eigenvalue weighted by Gasteiger charge is 2.51. The summed E-state index contributed by atoms with van der Waals surface area (Å²) in [5, 5.41) is 0. The third kappa shape index (κ3) is 1.99. The summed E-state index contributed by atoms with van der Waals surface area (Å²) < 4.78 is 9.50. The van der Waals surface area contributed by atoms with E-state index in [4.69, 9.17) is 0 Å². The van der Waals surface area contributed by atoms with Crippen molar-refractivity contribution in [3.05, 3.63) is 125 Å². The third-order valence-electron chi connectivity index (χ3n) is 6.11. The third-order valence-corrected chi connectivity index (χ3v) is 6.11. The lowest BCUT2D eigenvalue weighted by molar-refractivity contribution is 0.636. The Hall–Kier alpha value is -3.19. The molecule has 3 aromatic carbocycles. The maximum atomic E-state index is 9.50. The summed E-state index contributed by atoms with van der Waals surface area (Å²) >= 11 is 0. The van der Waals surface area contributed by atoms with Crippen LogP contribution in [-0.2, 0) is 5.41 Å². The van der Waals surface area contributed by atoms with E-state index in [0.29, 0.717) is 7.18 Å². The fraction of sp³-hybridized carbons (Fsp3) is 0.111. The number of alkyl halides is 1. The molecule has 0 saturated heterocycles. The fourth-order valence-corrected chi connectivity index (χ4v) is 5.20. The van der Waals surface area contributed by atoms with Crippen molar-refractivity contribution in [1.29, 1.82) is 0 Å². The van der Waals surface area contributed by atoms with Crippen LogP contribution in [0.1, 0.15) is 28.7 Å². The summed E-state index contributed by atoms with van der Waals surface area (Å²) in [6.07, 6.45) is 10.3. The van der Waals surface area contributed by atoms with Gasteiger partial charge in [-0.2, -0.15) is 0 Å². The van der Waals surface area contributed by atoms with Crippen molar-refractivity contribution >= 4 is 5.57 Å². The zero-order valence-electron chi connectivity index (χ0n) is 15.8. The molecule has 0 N–H and O–H groups in total. The first-order chi connectivity index (χ1) is 13.9. The number of hydrogen-bond donors (Lipinski definition) is 0. The number of rotatable bonds is 0. The van der Waals surface area contributed by atoms with E-state index in [2.05, 4.69) is 97.1 Å². The van der Waals surface area contributed by atoms with Crippen molar-refractivity contribution in [3.8, 4) is 11.1 Å². The average molecular weight is 364 g/mol. The molecule has 0 fully saturated rings. The molecule has 28 heavy (non-hydrogen) atoms. The maximum Gasteiger partial charge on any atom is 0.0785 e. The van der Waals surface area contributed by atoms with E-state index in [0.717, 1.165) is 6.42 Å². The molecule has 1 heteroatoms. The second-order valence-corrected chi connectivity index (χ2v) is 7.25. The van der Waals surface area contributed by atoms with Gasteiger partial charge in [0.05, 0.1) is 12.6 Å². The van der Waals surface area contributed by atoms with Crippen LogP contribution in [0.4, 0.5) is 4.39 Å². The smallest absolute Gasteiger partial charge is 0.0785 e. The van der Waals surface area contributed by atoms with Crippen molar-refractivity contribution in [3.63, 3.8) is 0 Å². The van der Waals surface area contributed by atoms with E-state index in [1.54, 1.807) is 0 Å². The Morgan fingerprint density at radius 1 is 0.607 bits per heavy atom. The normalized spacial score (nSPS) is 16.6. The Morgan fingerprint density at radius 3 is 1.68 bits per heavy atom. The monoisotopic (exact) mass is 364 g/mol. The summed E-state index contributed by atoms with van der Waals surface area (Å²) in [6, 6.07) is 26.9. The van der Waals surface area contributed by atoms with E-state index in [1.165, 1.54) is 44.5 Å². The molecule has 0 aliphatic heterocycles. The van der Waals surface area contributed by atoms with Crippen LogP contribution in [-0.4, -0.2) is 7.18 Å². The Bertz CT molecular complexity index is 1110. The minimum atomic E-state index is -0.190. The van der Waals surface area contributed by atoms with Crippen molar-refractivity contribution < 1.29 is 4.39 Å². The average Bonchev–Trinajstić information content (AvgIpc) is 3.07. The molecule has 0 unspecified atom stereocenters. The highest BCUT2D eigenvalue weighted by atomic mass is 19.1. The van der Waals surface area contributed by atoms with Crippen LogP contribution in [0.25, 0.3) is 16.7 Å². The summed E-state index contributed by atoms with van der Waals surface area (Å²) in [5.41, 5.74) is 11.0. The quantitative estimate of drug-likeness (QED) is 0.408. The van der Waals surface area contributed by atoms with Crippen LogP contribution in [0, 0.1) is 0 Å². The molecule has 0 saturated carbocycles. The molecular weight excluding hydrogens is 343 g/mol. The summed E-state index contributed by atoms with van der Waals surface area (Å²) in [7, 11) is 0.500. The molecule has 1 spiro atoms. The second kappa shape index (κ2) is 6.45. The van der Waals surface area contributed by atoms with Crippen molar-refractivity contribution in [2.24, 2.45) is 0 Å². The van der Waals surface area contributed by atoms with Crippen molar-refractivity contribution in [1.82, 2.24) is 0 Å². The van der Waals surface area contributed by atoms with Gasteiger partial charge < -0.3 is 0 Å². The Labute approximate surface area is 165 Å². The lowest BCUT2D eigenvalue weighted by atomic mass is 9.69. The Kier molecular flexibility index (Phi) is 3.91. The van der Waals surface area contributed by atoms with E-state index in [9.17, 15) is 4.39 Å². The molecule has 0 radical (unpaired) electrons. The van der Waals surface area contributed by atoms with Crippen molar-refractivity contribution in [2.45, 2.75) is 11.8 Å². The standard InChI is InChI=1S/C26H18.CH3F/c1-2-10-18-19-11-4-7-15-23(19)26(22(18)14-3-1)24-16-8-5-12-20(24)21-13-6-9-17-25(21)26;1-2/h2-17H,1H2;1H3. The summed E-state index contributed by atoms with van der Waals surface area (Å²) in [6.45, 7) is 0. The van der Waals surface area contributed by atoms with Gasteiger partial charge in [0.1, 0.15) is 0 Å². The summed E-state index contributed by atoms with van der Waals surface area (Å²) in [4.78, 5) is 0. The highest BCUT2D eigenvalue weighted by Crippen LogP contribution is 2.62. The van der Waals surface area contributed by atoms with Crippen LogP contribution in [0.5, 0.6) is 0 Å². The topological polar surface area (TPSA) is 0 Å². The van der Waals surface area contributed by atoms with Gasteiger partial charge in [0.2, 0.25) is 0 Å². The van der Waals surface area contributed by atoms with Gasteiger partial charge >= 0.3 is 0 Å². The van der Waals surface area contributed by atoms with Gasteiger partial charge in [-0.3, -0.25) is 4.39 Å². The molecule has 6 rings (SSSR count). The van der Waals surface area contributed by atoms with E-state index in [-0.39, 0.29) is 5.41 Å². The zero-order valence-corrected chi connectivity index (χ0v) is 15.8. The molecule has 0 heterocycles. The van der Waals surface area contributed by atoms with Gasteiger partial charge in [-0.1, -0.05) is 97.1 Å². The van der Waals surface area contributed by atoms with E-state index >= 15 is 0 Å². The van der Waals surface area contributed by atoms with Gasteiger partial charge in [-0.25, -0.2) is 0 Å². The zero-order chi connectivity index (χ0) is 19.1. The molecule has 3 aromatic rings.